The van der Waals surface area contributed by atoms with Crippen LogP contribution in [-0.2, 0) is 0 Å². The maximum absolute atomic E-state index is 6.30. The Labute approximate surface area is 176 Å². The number of benzene rings is 1. The minimum absolute atomic E-state index is 0.464. The molecule has 1 aromatic carbocycles. The maximum atomic E-state index is 6.30. The van der Waals surface area contributed by atoms with Crippen LogP contribution in [0.2, 0.25) is 10.2 Å². The van der Waals surface area contributed by atoms with Crippen LogP contribution in [0.3, 0.4) is 0 Å². The molecule has 0 atom stereocenters. The van der Waals surface area contributed by atoms with Gasteiger partial charge in [0.05, 0.1) is 24.5 Å². The summed E-state index contributed by atoms with van der Waals surface area (Å²) in [7, 11) is 1.65. The second-order valence-corrected chi connectivity index (χ2v) is 8.46. The highest BCUT2D eigenvalue weighted by molar-refractivity contribution is 6.32. The zero-order chi connectivity index (χ0) is 19.5. The summed E-state index contributed by atoms with van der Waals surface area (Å²) in [6.45, 7) is 4.25. The molecule has 0 spiro atoms. The number of piperidine rings is 2. The van der Waals surface area contributed by atoms with Crippen LogP contribution in [0.15, 0.2) is 30.6 Å². The average Bonchev–Trinajstić information content (AvgIpc) is 2.74. The Balaban J connectivity index is 1.29. The largest absolute Gasteiger partial charge is 0.495 e. The second-order valence-electron chi connectivity index (χ2n) is 7.67. The van der Waals surface area contributed by atoms with E-state index in [1.807, 2.05) is 18.3 Å². The minimum Gasteiger partial charge on any atom is -0.495 e. The molecule has 0 unspecified atom stereocenters. The van der Waals surface area contributed by atoms with Gasteiger partial charge in [-0.25, -0.2) is 4.98 Å². The molecule has 0 amide bonds. The van der Waals surface area contributed by atoms with Crippen LogP contribution < -0.4 is 14.5 Å². The van der Waals surface area contributed by atoms with Gasteiger partial charge in [-0.15, -0.1) is 0 Å². The number of ether oxygens (including phenoxy) is 1. The Bertz CT molecular complexity index is 803. The Morgan fingerprint density at radius 3 is 2.14 bits per heavy atom. The van der Waals surface area contributed by atoms with Crippen LogP contribution in [0.1, 0.15) is 25.7 Å². The van der Waals surface area contributed by atoms with E-state index in [0.29, 0.717) is 10.2 Å². The first-order valence-corrected chi connectivity index (χ1v) is 10.7. The number of hydrogen-bond acceptors (Lipinski definition) is 5. The molecular formula is C21H26Cl2N4O. The van der Waals surface area contributed by atoms with Crippen molar-refractivity contribution in [2.75, 3.05) is 43.1 Å². The maximum Gasteiger partial charge on any atom is 0.149 e. The molecule has 2 aliphatic heterocycles. The SMILES string of the molecule is COc1ccc(N2CCC(C3CCN(c4cncc(Cl)n4)CC3)CC2)cc1Cl. The Morgan fingerprint density at radius 1 is 0.929 bits per heavy atom. The summed E-state index contributed by atoms with van der Waals surface area (Å²) < 4.78 is 5.26. The fourth-order valence-electron chi connectivity index (χ4n) is 4.57. The van der Waals surface area contributed by atoms with E-state index in [-0.39, 0.29) is 0 Å². The normalized spacial score (nSPS) is 19.1. The van der Waals surface area contributed by atoms with E-state index < -0.39 is 0 Å². The molecule has 28 heavy (non-hydrogen) atoms. The zero-order valence-electron chi connectivity index (χ0n) is 16.2. The number of nitrogens with zero attached hydrogens (tertiary/aromatic N) is 4. The molecule has 5 nitrogen and oxygen atoms in total. The minimum atomic E-state index is 0.464. The van der Waals surface area contributed by atoms with Crippen LogP contribution >= 0.6 is 23.2 Å². The van der Waals surface area contributed by atoms with E-state index in [2.05, 4.69) is 25.8 Å². The standard InChI is InChI=1S/C21H26Cl2N4O/c1-28-19-3-2-17(12-18(19)22)26-8-4-15(5-9-26)16-6-10-27(11-7-16)21-14-24-13-20(23)25-21/h2-3,12-16H,4-11H2,1H3. The van der Waals surface area contributed by atoms with Crippen molar-refractivity contribution in [1.29, 1.82) is 0 Å². The summed E-state index contributed by atoms with van der Waals surface area (Å²) in [5.74, 6) is 3.23. The van der Waals surface area contributed by atoms with Gasteiger partial charge in [0.2, 0.25) is 0 Å². The molecule has 0 radical (unpaired) electrons. The number of anilines is 2. The Kier molecular flexibility index (Phi) is 6.12. The summed E-state index contributed by atoms with van der Waals surface area (Å²) in [5, 5.41) is 1.14. The van der Waals surface area contributed by atoms with Crippen molar-refractivity contribution < 1.29 is 4.74 Å². The van der Waals surface area contributed by atoms with Gasteiger partial charge in [0.15, 0.2) is 0 Å². The van der Waals surface area contributed by atoms with E-state index in [9.17, 15) is 0 Å². The highest BCUT2D eigenvalue weighted by Crippen LogP contribution is 2.36. The third kappa shape index (κ3) is 4.31. The smallest absolute Gasteiger partial charge is 0.149 e. The topological polar surface area (TPSA) is 41.5 Å². The van der Waals surface area contributed by atoms with E-state index in [4.69, 9.17) is 27.9 Å². The van der Waals surface area contributed by atoms with Gasteiger partial charge in [-0.2, -0.15) is 0 Å². The predicted molar refractivity (Wildman–Crippen MR) is 115 cm³/mol. The van der Waals surface area contributed by atoms with Crippen molar-refractivity contribution in [2.45, 2.75) is 25.7 Å². The molecule has 3 heterocycles. The first-order chi connectivity index (χ1) is 13.6. The van der Waals surface area contributed by atoms with Gasteiger partial charge in [-0.1, -0.05) is 23.2 Å². The number of hydrogen-bond donors (Lipinski definition) is 0. The Morgan fingerprint density at radius 2 is 1.57 bits per heavy atom. The Hall–Kier alpha value is -1.72. The van der Waals surface area contributed by atoms with E-state index in [1.165, 1.54) is 31.4 Å². The molecule has 0 bridgehead atoms. The summed E-state index contributed by atoms with van der Waals surface area (Å²) in [5.41, 5.74) is 1.19. The summed E-state index contributed by atoms with van der Waals surface area (Å²) in [4.78, 5) is 13.3. The number of aromatic nitrogens is 2. The van der Waals surface area contributed by atoms with Crippen molar-refractivity contribution in [3.8, 4) is 5.75 Å². The third-order valence-electron chi connectivity index (χ3n) is 6.16. The van der Waals surface area contributed by atoms with Gasteiger partial charge in [-0.05, 0) is 55.7 Å². The fraction of sp³-hybridized carbons (Fsp3) is 0.524. The van der Waals surface area contributed by atoms with Crippen molar-refractivity contribution in [1.82, 2.24) is 9.97 Å². The molecule has 2 saturated heterocycles. The molecule has 2 fully saturated rings. The lowest BCUT2D eigenvalue weighted by molar-refractivity contribution is 0.232. The first-order valence-electron chi connectivity index (χ1n) is 9.95. The summed E-state index contributed by atoms with van der Waals surface area (Å²) >= 11 is 12.3. The number of methoxy groups -OCH3 is 1. The monoisotopic (exact) mass is 420 g/mol. The van der Waals surface area contributed by atoms with Crippen LogP contribution in [0, 0.1) is 11.8 Å². The van der Waals surface area contributed by atoms with Gasteiger partial charge in [0, 0.05) is 31.9 Å². The number of halogens is 2. The van der Waals surface area contributed by atoms with Crippen molar-refractivity contribution in [3.63, 3.8) is 0 Å². The molecule has 0 saturated carbocycles. The van der Waals surface area contributed by atoms with E-state index in [0.717, 1.165) is 49.6 Å². The van der Waals surface area contributed by atoms with Crippen LogP contribution in [0.5, 0.6) is 5.75 Å². The lowest BCUT2D eigenvalue weighted by Gasteiger charge is -2.41. The predicted octanol–water partition coefficient (Wildman–Crippen LogP) is 4.93. The van der Waals surface area contributed by atoms with Gasteiger partial charge in [0.25, 0.3) is 0 Å². The van der Waals surface area contributed by atoms with Gasteiger partial charge in [0.1, 0.15) is 16.7 Å². The highest BCUT2D eigenvalue weighted by Gasteiger charge is 2.30. The van der Waals surface area contributed by atoms with Crippen LogP contribution in [-0.4, -0.2) is 43.3 Å². The second kappa shape index (κ2) is 8.75. The van der Waals surface area contributed by atoms with Crippen LogP contribution in [0.4, 0.5) is 11.5 Å². The molecule has 150 valence electrons. The molecular weight excluding hydrogens is 395 g/mol. The fourth-order valence-corrected chi connectivity index (χ4v) is 4.96. The van der Waals surface area contributed by atoms with Gasteiger partial charge in [-0.3, -0.25) is 4.98 Å². The van der Waals surface area contributed by atoms with Crippen molar-refractivity contribution in [2.24, 2.45) is 11.8 Å². The average molecular weight is 421 g/mol. The van der Waals surface area contributed by atoms with E-state index in [1.54, 1.807) is 13.3 Å². The zero-order valence-corrected chi connectivity index (χ0v) is 17.7. The van der Waals surface area contributed by atoms with Gasteiger partial charge < -0.3 is 14.5 Å². The summed E-state index contributed by atoms with van der Waals surface area (Å²) in [6.07, 6.45) is 8.31. The third-order valence-corrected chi connectivity index (χ3v) is 6.64. The molecule has 1 aromatic heterocycles. The molecule has 4 rings (SSSR count). The molecule has 2 aromatic rings. The van der Waals surface area contributed by atoms with Crippen molar-refractivity contribution >= 4 is 34.7 Å². The molecule has 7 heteroatoms. The molecule has 0 aliphatic carbocycles. The summed E-state index contributed by atoms with van der Waals surface area (Å²) in [6, 6.07) is 6.08. The van der Waals surface area contributed by atoms with Crippen molar-refractivity contribution in [3.05, 3.63) is 40.8 Å². The lowest BCUT2D eigenvalue weighted by atomic mass is 9.78. The number of rotatable bonds is 4. The van der Waals surface area contributed by atoms with Crippen LogP contribution in [0.25, 0.3) is 0 Å². The quantitative estimate of drug-likeness (QED) is 0.701. The lowest BCUT2D eigenvalue weighted by Crippen LogP contribution is -2.41. The molecule has 2 aliphatic rings. The highest BCUT2D eigenvalue weighted by atomic mass is 35.5. The van der Waals surface area contributed by atoms with E-state index >= 15 is 0 Å². The molecule has 0 N–H and O–H groups in total. The van der Waals surface area contributed by atoms with Gasteiger partial charge >= 0.3 is 0 Å². The first kappa shape index (κ1) is 19.6.